The number of rotatable bonds is 3. The summed E-state index contributed by atoms with van der Waals surface area (Å²) in [6.45, 7) is 2.03. The number of halogens is 2. The Balaban J connectivity index is 0.00000176. The first kappa shape index (κ1) is 16.7. The number of nitrogens with one attached hydrogen (secondary N) is 1. The molecule has 2 aromatic carbocycles. The normalized spacial score (nSPS) is 20.2. The smallest absolute Gasteiger partial charge is 0.193 e. The fraction of sp³-hybridized carbons (Fsp3) is 0.235. The summed E-state index contributed by atoms with van der Waals surface area (Å²) in [5, 5.41) is 3.06. The van der Waals surface area contributed by atoms with Crippen molar-refractivity contribution in [3.63, 3.8) is 0 Å². The Labute approximate surface area is 146 Å². The standard InChI is InChI=1S/C17H18FN3.HI/c1-11-6-8-12(9-7-11)20-17(19)21-16-10-14(16)13-4-2-3-5-15(13)18;/h2-9,14,16H,10H2,1H3,(H3,19,20,21);1H. The predicted octanol–water partition coefficient (Wildman–Crippen LogP) is 4.03. The highest BCUT2D eigenvalue weighted by Crippen LogP contribution is 2.44. The Bertz CT molecular complexity index is 670. The lowest BCUT2D eigenvalue weighted by Gasteiger charge is -2.06. The van der Waals surface area contributed by atoms with Crippen LogP contribution in [0, 0.1) is 12.7 Å². The van der Waals surface area contributed by atoms with Gasteiger partial charge in [-0.3, -0.25) is 0 Å². The molecule has 0 aliphatic heterocycles. The molecule has 2 unspecified atom stereocenters. The Morgan fingerprint density at radius 3 is 2.55 bits per heavy atom. The molecular weight excluding hydrogens is 392 g/mol. The first-order valence-corrected chi connectivity index (χ1v) is 7.05. The Morgan fingerprint density at radius 2 is 1.86 bits per heavy atom. The molecule has 116 valence electrons. The summed E-state index contributed by atoms with van der Waals surface area (Å²) in [6.07, 6.45) is 0.844. The number of benzene rings is 2. The summed E-state index contributed by atoms with van der Waals surface area (Å²) in [6, 6.07) is 14.9. The molecule has 1 saturated carbocycles. The number of nitrogens with zero attached hydrogens (tertiary/aromatic N) is 1. The third kappa shape index (κ3) is 3.97. The predicted molar refractivity (Wildman–Crippen MR) is 99.4 cm³/mol. The molecule has 0 radical (unpaired) electrons. The van der Waals surface area contributed by atoms with E-state index >= 15 is 0 Å². The first-order valence-electron chi connectivity index (χ1n) is 7.05. The number of nitrogens with two attached hydrogens (primary N) is 1. The SMILES string of the molecule is Cc1ccc(NC(N)=NC2CC2c2ccccc2F)cc1.I. The van der Waals surface area contributed by atoms with E-state index in [1.165, 1.54) is 11.6 Å². The van der Waals surface area contributed by atoms with Crippen LogP contribution in [0.2, 0.25) is 0 Å². The van der Waals surface area contributed by atoms with E-state index in [2.05, 4.69) is 10.3 Å². The molecule has 1 fully saturated rings. The number of anilines is 1. The molecule has 0 bridgehead atoms. The van der Waals surface area contributed by atoms with Crippen LogP contribution < -0.4 is 11.1 Å². The maximum Gasteiger partial charge on any atom is 0.193 e. The van der Waals surface area contributed by atoms with E-state index in [4.69, 9.17) is 5.73 Å². The second-order valence-electron chi connectivity index (χ2n) is 5.44. The maximum absolute atomic E-state index is 13.7. The van der Waals surface area contributed by atoms with Crippen molar-refractivity contribution in [2.45, 2.75) is 25.3 Å². The van der Waals surface area contributed by atoms with Gasteiger partial charge in [0.1, 0.15) is 5.82 Å². The zero-order valence-corrected chi connectivity index (χ0v) is 14.6. The van der Waals surface area contributed by atoms with Crippen LogP contribution in [0.3, 0.4) is 0 Å². The van der Waals surface area contributed by atoms with Crippen molar-refractivity contribution < 1.29 is 4.39 Å². The minimum absolute atomic E-state index is 0. The van der Waals surface area contributed by atoms with Crippen LogP contribution >= 0.6 is 24.0 Å². The molecule has 3 nitrogen and oxygen atoms in total. The number of guanidine groups is 1. The molecule has 3 N–H and O–H groups in total. The lowest BCUT2D eigenvalue weighted by molar-refractivity contribution is 0.609. The van der Waals surface area contributed by atoms with E-state index in [0.29, 0.717) is 5.96 Å². The van der Waals surface area contributed by atoms with Gasteiger partial charge in [0.15, 0.2) is 5.96 Å². The van der Waals surface area contributed by atoms with Crippen molar-refractivity contribution >= 4 is 35.6 Å². The highest BCUT2D eigenvalue weighted by molar-refractivity contribution is 14.0. The van der Waals surface area contributed by atoms with Crippen LogP contribution in [-0.4, -0.2) is 12.0 Å². The number of hydrogen-bond donors (Lipinski definition) is 2. The van der Waals surface area contributed by atoms with Gasteiger partial charge in [-0.1, -0.05) is 35.9 Å². The maximum atomic E-state index is 13.7. The summed E-state index contributed by atoms with van der Waals surface area (Å²) >= 11 is 0. The summed E-state index contributed by atoms with van der Waals surface area (Å²) < 4.78 is 13.7. The van der Waals surface area contributed by atoms with Crippen molar-refractivity contribution in [1.82, 2.24) is 0 Å². The van der Waals surface area contributed by atoms with Crippen molar-refractivity contribution in [2.75, 3.05) is 5.32 Å². The monoisotopic (exact) mass is 411 g/mol. The van der Waals surface area contributed by atoms with Gasteiger partial charge in [-0.05, 0) is 37.1 Å². The van der Waals surface area contributed by atoms with Crippen LogP contribution in [-0.2, 0) is 0 Å². The van der Waals surface area contributed by atoms with Gasteiger partial charge in [-0.2, -0.15) is 0 Å². The third-order valence-corrected chi connectivity index (χ3v) is 3.69. The Morgan fingerprint density at radius 1 is 1.18 bits per heavy atom. The molecule has 5 heteroatoms. The summed E-state index contributed by atoms with van der Waals surface area (Å²) in [4.78, 5) is 4.42. The average molecular weight is 411 g/mol. The van der Waals surface area contributed by atoms with Crippen LogP contribution in [0.25, 0.3) is 0 Å². The summed E-state index contributed by atoms with van der Waals surface area (Å²) in [5.74, 6) is 0.359. The molecular formula is C17H19FIN3. The highest BCUT2D eigenvalue weighted by atomic mass is 127. The fourth-order valence-corrected chi connectivity index (χ4v) is 2.43. The van der Waals surface area contributed by atoms with E-state index in [9.17, 15) is 4.39 Å². The van der Waals surface area contributed by atoms with Gasteiger partial charge in [0, 0.05) is 11.6 Å². The quantitative estimate of drug-likeness (QED) is 0.455. The molecule has 0 heterocycles. The molecule has 3 rings (SSSR count). The topological polar surface area (TPSA) is 50.4 Å². The Hall–Kier alpha value is -1.63. The fourth-order valence-electron chi connectivity index (χ4n) is 2.43. The van der Waals surface area contributed by atoms with E-state index in [-0.39, 0.29) is 41.8 Å². The average Bonchev–Trinajstić information content (AvgIpc) is 3.21. The van der Waals surface area contributed by atoms with Crippen molar-refractivity contribution in [2.24, 2.45) is 10.7 Å². The second-order valence-corrected chi connectivity index (χ2v) is 5.44. The highest BCUT2D eigenvalue weighted by Gasteiger charge is 2.40. The minimum Gasteiger partial charge on any atom is -0.370 e. The summed E-state index contributed by atoms with van der Waals surface area (Å²) in [5.41, 5.74) is 8.74. The molecule has 2 aromatic rings. The molecule has 0 amide bonds. The van der Waals surface area contributed by atoms with Gasteiger partial charge in [0.05, 0.1) is 6.04 Å². The minimum atomic E-state index is -0.162. The number of hydrogen-bond acceptors (Lipinski definition) is 1. The van der Waals surface area contributed by atoms with Gasteiger partial charge in [0.25, 0.3) is 0 Å². The van der Waals surface area contributed by atoms with Crippen LogP contribution in [0.1, 0.15) is 23.5 Å². The van der Waals surface area contributed by atoms with Gasteiger partial charge in [0.2, 0.25) is 0 Å². The van der Waals surface area contributed by atoms with Gasteiger partial charge < -0.3 is 11.1 Å². The third-order valence-electron chi connectivity index (χ3n) is 3.69. The van der Waals surface area contributed by atoms with Gasteiger partial charge in [-0.15, -0.1) is 24.0 Å². The lowest BCUT2D eigenvalue weighted by Crippen LogP contribution is -2.23. The molecule has 2 atom stereocenters. The summed E-state index contributed by atoms with van der Waals surface area (Å²) in [7, 11) is 0. The van der Waals surface area contributed by atoms with E-state index in [1.54, 1.807) is 6.07 Å². The largest absolute Gasteiger partial charge is 0.370 e. The molecule has 0 spiro atoms. The van der Waals surface area contributed by atoms with Gasteiger partial charge in [-0.25, -0.2) is 9.38 Å². The van der Waals surface area contributed by atoms with Crippen LogP contribution in [0.5, 0.6) is 0 Å². The zero-order chi connectivity index (χ0) is 14.8. The van der Waals surface area contributed by atoms with E-state index < -0.39 is 0 Å². The molecule has 1 aliphatic rings. The van der Waals surface area contributed by atoms with Crippen molar-refractivity contribution in [3.05, 3.63) is 65.5 Å². The van der Waals surface area contributed by atoms with Crippen LogP contribution in [0.15, 0.2) is 53.5 Å². The van der Waals surface area contributed by atoms with Gasteiger partial charge >= 0.3 is 0 Å². The first-order chi connectivity index (χ1) is 10.1. The molecule has 1 aliphatic carbocycles. The molecule has 0 saturated heterocycles. The zero-order valence-electron chi connectivity index (χ0n) is 12.3. The molecule has 22 heavy (non-hydrogen) atoms. The van der Waals surface area contributed by atoms with E-state index in [1.807, 2.05) is 43.3 Å². The van der Waals surface area contributed by atoms with Crippen molar-refractivity contribution in [3.8, 4) is 0 Å². The number of aliphatic imine (C=N–C) groups is 1. The molecule has 0 aromatic heterocycles. The van der Waals surface area contributed by atoms with Crippen LogP contribution in [0.4, 0.5) is 10.1 Å². The Kier molecular flexibility index (Phi) is 5.39. The van der Waals surface area contributed by atoms with E-state index in [0.717, 1.165) is 17.7 Å². The number of aryl methyl sites for hydroxylation is 1. The van der Waals surface area contributed by atoms with Crippen molar-refractivity contribution in [1.29, 1.82) is 0 Å². The second kappa shape index (κ2) is 7.09. The lowest BCUT2D eigenvalue weighted by atomic mass is 10.1.